The average Bonchev–Trinajstić information content (AvgIpc) is 3.13. The monoisotopic (exact) mass is 271 g/mol. The third-order valence-electron chi connectivity index (χ3n) is 3.81. The largest absolute Gasteiger partial charge is 0.316 e. The Balaban J connectivity index is 2.04. The maximum atomic E-state index is 6.04. The Morgan fingerprint density at radius 2 is 2.00 bits per heavy atom. The molecule has 0 aliphatic heterocycles. The zero-order valence-corrected chi connectivity index (χ0v) is 11.9. The lowest BCUT2D eigenvalue weighted by atomic mass is 9.91. The van der Waals surface area contributed by atoms with Crippen LogP contribution in [0.25, 0.3) is 0 Å². The molecule has 94 valence electrons. The Morgan fingerprint density at radius 1 is 1.29 bits per heavy atom. The molecule has 1 fully saturated rings. The fourth-order valence-electron chi connectivity index (χ4n) is 2.42. The van der Waals surface area contributed by atoms with Crippen LogP contribution in [0.3, 0.4) is 0 Å². The van der Waals surface area contributed by atoms with Crippen molar-refractivity contribution < 1.29 is 0 Å². The molecule has 0 spiro atoms. The second kappa shape index (κ2) is 5.60. The van der Waals surface area contributed by atoms with E-state index < -0.39 is 0 Å². The minimum atomic E-state index is 0.528. The van der Waals surface area contributed by atoms with Gasteiger partial charge in [0.15, 0.2) is 0 Å². The molecular weight excluding hydrogens is 253 g/mol. The smallest absolute Gasteiger partial charge is 0.0595 e. The van der Waals surface area contributed by atoms with Crippen LogP contribution in [0, 0.1) is 11.8 Å². The SMILES string of the molecule is CNC(Cc1ccc(Cl)c(Cl)c1)C(C)C1CC1. The number of hydrogen-bond donors (Lipinski definition) is 1. The molecule has 1 aromatic carbocycles. The number of benzene rings is 1. The van der Waals surface area contributed by atoms with E-state index in [1.807, 2.05) is 19.2 Å². The highest BCUT2D eigenvalue weighted by molar-refractivity contribution is 6.42. The summed E-state index contributed by atoms with van der Waals surface area (Å²) in [5, 5.41) is 4.71. The fourth-order valence-corrected chi connectivity index (χ4v) is 2.74. The van der Waals surface area contributed by atoms with E-state index in [9.17, 15) is 0 Å². The van der Waals surface area contributed by atoms with Crippen LogP contribution in [0.2, 0.25) is 10.0 Å². The topological polar surface area (TPSA) is 12.0 Å². The van der Waals surface area contributed by atoms with Crippen LogP contribution in [-0.2, 0) is 6.42 Å². The molecule has 0 saturated heterocycles. The van der Waals surface area contributed by atoms with Crippen molar-refractivity contribution in [3.63, 3.8) is 0 Å². The van der Waals surface area contributed by atoms with Crippen LogP contribution in [0.4, 0.5) is 0 Å². The summed E-state index contributed by atoms with van der Waals surface area (Å²) in [6.45, 7) is 2.34. The molecule has 1 aliphatic rings. The van der Waals surface area contributed by atoms with Crippen molar-refractivity contribution >= 4 is 23.2 Å². The molecule has 0 bridgehead atoms. The maximum Gasteiger partial charge on any atom is 0.0595 e. The molecule has 0 amide bonds. The quantitative estimate of drug-likeness (QED) is 0.848. The van der Waals surface area contributed by atoms with Gasteiger partial charge in [0.05, 0.1) is 10.0 Å². The highest BCUT2D eigenvalue weighted by Gasteiger charge is 2.32. The molecule has 1 nitrogen and oxygen atoms in total. The van der Waals surface area contributed by atoms with Crippen molar-refractivity contribution in [3.8, 4) is 0 Å². The van der Waals surface area contributed by atoms with E-state index in [0.29, 0.717) is 16.1 Å². The van der Waals surface area contributed by atoms with Crippen molar-refractivity contribution in [3.05, 3.63) is 33.8 Å². The lowest BCUT2D eigenvalue weighted by Gasteiger charge is -2.23. The summed E-state index contributed by atoms with van der Waals surface area (Å²) in [5.74, 6) is 1.64. The molecule has 2 unspecified atom stereocenters. The van der Waals surface area contributed by atoms with Gasteiger partial charge in [-0.3, -0.25) is 0 Å². The Bertz CT molecular complexity index is 388. The Labute approximate surface area is 114 Å². The molecule has 3 heteroatoms. The summed E-state index contributed by atoms with van der Waals surface area (Å²) in [7, 11) is 2.04. The summed E-state index contributed by atoms with van der Waals surface area (Å²) >= 11 is 12.0. The van der Waals surface area contributed by atoms with Gasteiger partial charge in [-0.25, -0.2) is 0 Å². The van der Waals surface area contributed by atoms with Crippen molar-refractivity contribution in [2.75, 3.05) is 7.05 Å². The van der Waals surface area contributed by atoms with Gasteiger partial charge in [0, 0.05) is 6.04 Å². The van der Waals surface area contributed by atoms with Gasteiger partial charge in [-0.2, -0.15) is 0 Å². The van der Waals surface area contributed by atoms with Gasteiger partial charge in [0.2, 0.25) is 0 Å². The number of rotatable bonds is 5. The highest BCUT2D eigenvalue weighted by Crippen LogP contribution is 2.39. The van der Waals surface area contributed by atoms with Crippen molar-refractivity contribution in [1.29, 1.82) is 0 Å². The summed E-state index contributed by atoms with van der Waals surface area (Å²) < 4.78 is 0. The third-order valence-corrected chi connectivity index (χ3v) is 4.55. The minimum Gasteiger partial charge on any atom is -0.316 e. The summed E-state index contributed by atoms with van der Waals surface area (Å²) in [6.07, 6.45) is 3.80. The van der Waals surface area contributed by atoms with Crippen molar-refractivity contribution in [1.82, 2.24) is 5.32 Å². The number of halogens is 2. The molecule has 0 radical (unpaired) electrons. The molecule has 0 heterocycles. The molecule has 1 aliphatic carbocycles. The van der Waals surface area contributed by atoms with Gasteiger partial charge >= 0.3 is 0 Å². The van der Waals surface area contributed by atoms with E-state index in [0.717, 1.165) is 18.3 Å². The van der Waals surface area contributed by atoms with Crippen LogP contribution in [0.5, 0.6) is 0 Å². The predicted molar refractivity (Wildman–Crippen MR) is 74.9 cm³/mol. The lowest BCUT2D eigenvalue weighted by molar-refractivity contribution is 0.358. The van der Waals surface area contributed by atoms with E-state index in [-0.39, 0.29) is 0 Å². The first-order valence-corrected chi connectivity index (χ1v) is 6.98. The molecule has 2 atom stereocenters. The van der Waals surface area contributed by atoms with Gasteiger partial charge < -0.3 is 5.32 Å². The minimum absolute atomic E-state index is 0.528. The standard InChI is InChI=1S/C14H19Cl2N/c1-9(11-4-5-11)14(17-2)8-10-3-6-12(15)13(16)7-10/h3,6-7,9,11,14,17H,4-5,8H2,1-2H3. The highest BCUT2D eigenvalue weighted by atomic mass is 35.5. The first kappa shape index (κ1) is 13.2. The number of hydrogen-bond acceptors (Lipinski definition) is 1. The molecule has 1 N–H and O–H groups in total. The van der Waals surface area contributed by atoms with Gasteiger partial charge in [0.25, 0.3) is 0 Å². The Morgan fingerprint density at radius 3 is 2.53 bits per heavy atom. The number of likely N-dealkylation sites (N-methyl/N-ethyl adjacent to an activating group) is 1. The molecule has 1 aromatic rings. The van der Waals surface area contributed by atoms with E-state index in [4.69, 9.17) is 23.2 Å². The zero-order chi connectivity index (χ0) is 12.4. The van der Waals surface area contributed by atoms with Crippen LogP contribution in [0.1, 0.15) is 25.3 Å². The zero-order valence-electron chi connectivity index (χ0n) is 10.3. The van der Waals surface area contributed by atoms with E-state index in [1.54, 1.807) is 0 Å². The summed E-state index contributed by atoms with van der Waals surface area (Å²) in [6, 6.07) is 6.46. The van der Waals surface area contributed by atoms with Crippen molar-refractivity contribution in [2.45, 2.75) is 32.2 Å². The van der Waals surface area contributed by atoms with Gasteiger partial charge in [0.1, 0.15) is 0 Å². The van der Waals surface area contributed by atoms with Gasteiger partial charge in [-0.05, 0) is 55.8 Å². The second-order valence-electron chi connectivity index (χ2n) is 5.04. The molecule has 2 rings (SSSR count). The van der Waals surface area contributed by atoms with Crippen LogP contribution >= 0.6 is 23.2 Å². The summed E-state index contributed by atoms with van der Waals surface area (Å²) in [5.41, 5.74) is 1.26. The molecule has 0 aromatic heterocycles. The lowest BCUT2D eigenvalue weighted by Crippen LogP contribution is -2.35. The van der Waals surface area contributed by atoms with Gasteiger partial charge in [-0.1, -0.05) is 36.2 Å². The first-order chi connectivity index (χ1) is 8.11. The molecule has 1 saturated carbocycles. The third kappa shape index (κ3) is 3.37. The maximum absolute atomic E-state index is 6.04. The average molecular weight is 272 g/mol. The molecule has 17 heavy (non-hydrogen) atoms. The van der Waals surface area contributed by atoms with E-state index >= 15 is 0 Å². The normalized spacial score (nSPS) is 19.1. The fraction of sp³-hybridized carbons (Fsp3) is 0.571. The van der Waals surface area contributed by atoms with E-state index in [1.165, 1.54) is 18.4 Å². The van der Waals surface area contributed by atoms with Crippen molar-refractivity contribution in [2.24, 2.45) is 11.8 Å². The van der Waals surface area contributed by atoms with Crippen LogP contribution in [0.15, 0.2) is 18.2 Å². The summed E-state index contributed by atoms with van der Waals surface area (Å²) in [4.78, 5) is 0. The first-order valence-electron chi connectivity index (χ1n) is 6.23. The Hall–Kier alpha value is -0.240. The number of nitrogens with one attached hydrogen (secondary N) is 1. The van der Waals surface area contributed by atoms with Crippen LogP contribution < -0.4 is 5.32 Å². The van der Waals surface area contributed by atoms with E-state index in [2.05, 4.69) is 18.3 Å². The molecular formula is C14H19Cl2N. The van der Waals surface area contributed by atoms with Gasteiger partial charge in [-0.15, -0.1) is 0 Å². The second-order valence-corrected chi connectivity index (χ2v) is 5.86. The Kier molecular flexibility index (Phi) is 4.35. The predicted octanol–water partition coefficient (Wildman–Crippen LogP) is 4.17. The van der Waals surface area contributed by atoms with Crippen LogP contribution in [-0.4, -0.2) is 13.1 Å².